The minimum Gasteiger partial charge on any atom is -0.490 e. The lowest BCUT2D eigenvalue weighted by Crippen LogP contribution is -2.15. The molecule has 10 heteroatoms. The Bertz CT molecular complexity index is 1210. The van der Waals surface area contributed by atoms with Crippen LogP contribution in [0.5, 0.6) is 11.5 Å². The van der Waals surface area contributed by atoms with E-state index in [9.17, 15) is 13.2 Å². The quantitative estimate of drug-likeness (QED) is 0.393. The van der Waals surface area contributed by atoms with Crippen molar-refractivity contribution in [2.75, 3.05) is 23.3 Å². The number of carbonyl (C=O) groups is 1. The second-order valence-electron chi connectivity index (χ2n) is 7.45. The van der Waals surface area contributed by atoms with E-state index in [1.54, 1.807) is 19.9 Å². The summed E-state index contributed by atoms with van der Waals surface area (Å²) in [6.07, 6.45) is 0.769. The Morgan fingerprint density at radius 1 is 0.971 bits per heavy atom. The third-order valence-electron chi connectivity index (χ3n) is 4.61. The number of carbonyl (C=O) groups excluding carboxylic acids is 1. The summed E-state index contributed by atoms with van der Waals surface area (Å²) in [6, 6.07) is 14.9. The molecule has 1 aromatic heterocycles. The second kappa shape index (κ2) is 11.5. The lowest BCUT2D eigenvalue weighted by Gasteiger charge is -2.12. The van der Waals surface area contributed by atoms with Gasteiger partial charge in [-0.3, -0.25) is 9.52 Å². The predicted octanol–water partition coefficient (Wildman–Crippen LogP) is 4.09. The Morgan fingerprint density at radius 2 is 1.65 bits per heavy atom. The highest BCUT2D eigenvalue weighted by Gasteiger charge is 2.16. The van der Waals surface area contributed by atoms with Crippen LogP contribution in [-0.2, 0) is 14.8 Å². The van der Waals surface area contributed by atoms with Gasteiger partial charge in [0, 0.05) is 23.9 Å². The minimum atomic E-state index is -3.82. The van der Waals surface area contributed by atoms with Gasteiger partial charge in [0.1, 0.15) is 11.6 Å². The first-order valence-corrected chi connectivity index (χ1v) is 12.3. The molecule has 3 rings (SSSR count). The summed E-state index contributed by atoms with van der Waals surface area (Å²) in [6.45, 7) is 6.25. The molecular weight excluding hydrogens is 456 g/mol. The van der Waals surface area contributed by atoms with Gasteiger partial charge in [0.2, 0.25) is 5.91 Å². The number of hydrogen-bond acceptors (Lipinski definition) is 7. The van der Waals surface area contributed by atoms with Crippen LogP contribution in [0.2, 0.25) is 0 Å². The summed E-state index contributed by atoms with van der Waals surface area (Å²) in [5.41, 5.74) is 1.16. The largest absolute Gasteiger partial charge is 0.490 e. The molecule has 0 saturated heterocycles. The first kappa shape index (κ1) is 25.0. The molecule has 34 heavy (non-hydrogen) atoms. The van der Waals surface area contributed by atoms with E-state index in [1.807, 2.05) is 31.2 Å². The SMILES string of the molecule is CCOc1ccccc1OCCCC(=O)Nc1ccc(S(=O)(=O)Nc2cc(C)nc(C)n2)cc1. The van der Waals surface area contributed by atoms with Crippen molar-refractivity contribution in [3.63, 3.8) is 0 Å². The summed E-state index contributed by atoms with van der Waals surface area (Å²) in [4.78, 5) is 20.5. The van der Waals surface area contributed by atoms with E-state index >= 15 is 0 Å². The molecule has 0 fully saturated rings. The van der Waals surface area contributed by atoms with E-state index < -0.39 is 10.0 Å². The van der Waals surface area contributed by atoms with Crippen molar-refractivity contribution in [2.24, 2.45) is 0 Å². The van der Waals surface area contributed by atoms with Crippen molar-refractivity contribution in [3.8, 4) is 11.5 Å². The Morgan fingerprint density at radius 3 is 2.29 bits per heavy atom. The molecule has 0 spiro atoms. The van der Waals surface area contributed by atoms with Crippen LogP contribution in [0.3, 0.4) is 0 Å². The van der Waals surface area contributed by atoms with Gasteiger partial charge >= 0.3 is 0 Å². The van der Waals surface area contributed by atoms with E-state index in [-0.39, 0.29) is 23.0 Å². The van der Waals surface area contributed by atoms with E-state index in [4.69, 9.17) is 9.47 Å². The van der Waals surface area contributed by atoms with Gasteiger partial charge in [-0.25, -0.2) is 18.4 Å². The molecule has 0 aliphatic rings. The van der Waals surface area contributed by atoms with E-state index in [1.165, 1.54) is 24.3 Å². The number of rotatable bonds is 11. The molecule has 3 aromatic rings. The normalized spacial score (nSPS) is 11.0. The lowest BCUT2D eigenvalue weighted by atomic mass is 10.2. The molecular formula is C24H28N4O5S. The van der Waals surface area contributed by atoms with E-state index in [2.05, 4.69) is 20.0 Å². The second-order valence-corrected chi connectivity index (χ2v) is 9.13. The maximum atomic E-state index is 12.6. The molecule has 0 saturated carbocycles. The average molecular weight is 485 g/mol. The molecule has 1 heterocycles. The highest BCUT2D eigenvalue weighted by molar-refractivity contribution is 7.92. The molecule has 180 valence electrons. The van der Waals surface area contributed by atoms with E-state index in [0.29, 0.717) is 48.3 Å². The van der Waals surface area contributed by atoms with Crippen molar-refractivity contribution in [1.82, 2.24) is 9.97 Å². The average Bonchev–Trinajstić information content (AvgIpc) is 2.77. The highest BCUT2D eigenvalue weighted by Crippen LogP contribution is 2.26. The maximum Gasteiger partial charge on any atom is 0.263 e. The summed E-state index contributed by atoms with van der Waals surface area (Å²) in [5, 5.41) is 2.76. The number of nitrogens with zero attached hydrogens (tertiary/aromatic N) is 2. The number of para-hydroxylation sites is 2. The van der Waals surface area contributed by atoms with Gasteiger partial charge in [0.25, 0.3) is 10.0 Å². The Labute approximate surface area is 199 Å². The number of amides is 1. The van der Waals surface area contributed by atoms with E-state index in [0.717, 1.165) is 0 Å². The smallest absolute Gasteiger partial charge is 0.263 e. The zero-order valence-corrected chi connectivity index (χ0v) is 20.2. The summed E-state index contributed by atoms with van der Waals surface area (Å²) >= 11 is 0. The third-order valence-corrected chi connectivity index (χ3v) is 5.98. The van der Waals surface area contributed by atoms with Gasteiger partial charge in [-0.1, -0.05) is 12.1 Å². The highest BCUT2D eigenvalue weighted by atomic mass is 32.2. The Balaban J connectivity index is 1.49. The van der Waals surface area contributed by atoms with Crippen molar-refractivity contribution in [1.29, 1.82) is 0 Å². The molecule has 0 bridgehead atoms. The van der Waals surface area contributed by atoms with Crippen LogP contribution in [0.4, 0.5) is 11.5 Å². The number of aryl methyl sites for hydroxylation is 2. The van der Waals surface area contributed by atoms with Crippen LogP contribution >= 0.6 is 0 Å². The summed E-state index contributed by atoms with van der Waals surface area (Å²) < 4.78 is 38.9. The van der Waals surface area contributed by atoms with Crippen molar-refractivity contribution in [2.45, 2.75) is 38.5 Å². The molecule has 0 aliphatic heterocycles. The molecule has 1 amide bonds. The molecule has 0 radical (unpaired) electrons. The van der Waals surface area contributed by atoms with Crippen molar-refractivity contribution < 1.29 is 22.7 Å². The number of hydrogen-bond donors (Lipinski definition) is 2. The number of aromatic nitrogens is 2. The van der Waals surface area contributed by atoms with Gasteiger partial charge in [0.05, 0.1) is 18.1 Å². The zero-order valence-electron chi connectivity index (χ0n) is 19.4. The maximum absolute atomic E-state index is 12.6. The monoisotopic (exact) mass is 484 g/mol. The first-order chi connectivity index (χ1) is 16.3. The van der Waals surface area contributed by atoms with Crippen molar-refractivity contribution in [3.05, 3.63) is 66.1 Å². The summed E-state index contributed by atoms with van der Waals surface area (Å²) in [7, 11) is -3.82. The fraction of sp³-hybridized carbons (Fsp3) is 0.292. The summed E-state index contributed by atoms with van der Waals surface area (Å²) in [5.74, 6) is 1.79. The first-order valence-electron chi connectivity index (χ1n) is 10.9. The van der Waals surface area contributed by atoms with Gasteiger partial charge in [-0.2, -0.15) is 0 Å². The van der Waals surface area contributed by atoms with Gasteiger partial charge in [-0.15, -0.1) is 0 Å². The molecule has 9 nitrogen and oxygen atoms in total. The fourth-order valence-electron chi connectivity index (χ4n) is 3.17. The van der Waals surface area contributed by atoms with Crippen LogP contribution in [0, 0.1) is 13.8 Å². The number of benzene rings is 2. The molecule has 0 unspecified atom stereocenters. The molecule has 2 aromatic carbocycles. The standard InChI is InChI=1S/C24H28N4O5S/c1-4-32-21-8-5-6-9-22(21)33-15-7-10-24(29)27-19-11-13-20(14-12-19)34(30,31)28-23-16-17(2)25-18(3)26-23/h5-6,8-9,11-14,16H,4,7,10,15H2,1-3H3,(H,27,29)(H,25,26,28). The molecule has 2 N–H and O–H groups in total. The minimum absolute atomic E-state index is 0.0563. The Hall–Kier alpha value is -3.66. The van der Waals surface area contributed by atoms with Gasteiger partial charge in [0.15, 0.2) is 11.5 Å². The zero-order chi connectivity index (χ0) is 24.6. The number of nitrogens with one attached hydrogen (secondary N) is 2. The van der Waals surface area contributed by atoms with Crippen LogP contribution < -0.4 is 19.5 Å². The topological polar surface area (TPSA) is 120 Å². The number of anilines is 2. The molecule has 0 aliphatic carbocycles. The van der Waals surface area contributed by atoms with Crippen LogP contribution in [0.25, 0.3) is 0 Å². The predicted molar refractivity (Wildman–Crippen MR) is 130 cm³/mol. The van der Waals surface area contributed by atoms with Crippen LogP contribution in [0.15, 0.2) is 59.5 Å². The number of sulfonamides is 1. The number of ether oxygens (including phenoxy) is 2. The molecule has 0 atom stereocenters. The van der Waals surface area contributed by atoms with Crippen LogP contribution in [0.1, 0.15) is 31.3 Å². The van der Waals surface area contributed by atoms with Gasteiger partial charge in [-0.05, 0) is 63.6 Å². The van der Waals surface area contributed by atoms with Crippen LogP contribution in [-0.4, -0.2) is 37.5 Å². The van der Waals surface area contributed by atoms with Crippen molar-refractivity contribution >= 4 is 27.4 Å². The fourth-order valence-corrected chi connectivity index (χ4v) is 4.16. The third kappa shape index (κ3) is 7.17. The lowest BCUT2D eigenvalue weighted by molar-refractivity contribution is -0.116. The Kier molecular flexibility index (Phi) is 8.42. The van der Waals surface area contributed by atoms with Gasteiger partial charge < -0.3 is 14.8 Å².